The number of H-pyrrole nitrogens is 1. The Morgan fingerprint density at radius 3 is 2.58 bits per heavy atom. The minimum atomic E-state index is -0.735. The summed E-state index contributed by atoms with van der Waals surface area (Å²) in [6.45, 7) is 4.31. The summed E-state index contributed by atoms with van der Waals surface area (Å²) >= 11 is 6.04. The standard InChI is InChI=1S/C24H23ClN2O4/c1-14(2)31-12-11-27-21(15-7-9-16(25)10-8-15)20(23(29)24(27)30)22(28)18-13-26-19-6-4-3-5-17(18)19/h3-10,13-14,21,26,28H,11-12H2,1-2H3/b22-20-. The Morgan fingerprint density at radius 1 is 1.16 bits per heavy atom. The molecule has 0 saturated carbocycles. The maximum absolute atomic E-state index is 13.0. The maximum Gasteiger partial charge on any atom is 0.295 e. The third kappa shape index (κ3) is 3.96. The molecule has 0 bridgehead atoms. The molecule has 1 unspecified atom stereocenters. The van der Waals surface area contributed by atoms with Crippen molar-refractivity contribution in [2.24, 2.45) is 0 Å². The third-order valence-electron chi connectivity index (χ3n) is 5.35. The van der Waals surface area contributed by atoms with Gasteiger partial charge in [0.1, 0.15) is 5.76 Å². The first-order valence-corrected chi connectivity index (χ1v) is 10.5. The molecule has 2 heterocycles. The molecule has 0 radical (unpaired) electrons. The molecule has 2 N–H and O–H groups in total. The highest BCUT2D eigenvalue weighted by molar-refractivity contribution is 6.46. The minimum Gasteiger partial charge on any atom is -0.507 e. The number of amides is 1. The zero-order chi connectivity index (χ0) is 22.1. The van der Waals surface area contributed by atoms with Crippen molar-refractivity contribution in [3.8, 4) is 0 Å². The molecule has 1 saturated heterocycles. The van der Waals surface area contributed by atoms with Gasteiger partial charge in [-0.3, -0.25) is 9.59 Å². The van der Waals surface area contributed by atoms with E-state index in [1.165, 1.54) is 4.90 Å². The second-order valence-electron chi connectivity index (χ2n) is 7.71. The van der Waals surface area contributed by atoms with Crippen LogP contribution in [0.1, 0.15) is 31.0 Å². The average molecular weight is 439 g/mol. The van der Waals surface area contributed by atoms with Gasteiger partial charge in [0.2, 0.25) is 0 Å². The molecular formula is C24H23ClN2O4. The van der Waals surface area contributed by atoms with Crippen molar-refractivity contribution in [2.75, 3.05) is 13.2 Å². The van der Waals surface area contributed by atoms with E-state index in [0.29, 0.717) is 16.1 Å². The van der Waals surface area contributed by atoms with Crippen LogP contribution >= 0.6 is 11.6 Å². The number of aliphatic hydroxyl groups is 1. The van der Waals surface area contributed by atoms with E-state index in [1.807, 2.05) is 38.1 Å². The van der Waals surface area contributed by atoms with Crippen molar-refractivity contribution in [1.29, 1.82) is 0 Å². The van der Waals surface area contributed by atoms with Crippen molar-refractivity contribution < 1.29 is 19.4 Å². The lowest BCUT2D eigenvalue weighted by Crippen LogP contribution is -2.33. The highest BCUT2D eigenvalue weighted by Gasteiger charge is 2.46. The number of aromatic amines is 1. The predicted octanol–water partition coefficient (Wildman–Crippen LogP) is 4.67. The molecule has 1 aromatic heterocycles. The van der Waals surface area contributed by atoms with Crippen LogP contribution in [0.2, 0.25) is 5.02 Å². The maximum atomic E-state index is 13.0. The summed E-state index contributed by atoms with van der Waals surface area (Å²) in [5.41, 5.74) is 2.05. The number of ketones is 1. The Hall–Kier alpha value is -3.09. The van der Waals surface area contributed by atoms with Crippen molar-refractivity contribution in [1.82, 2.24) is 9.88 Å². The molecule has 2 aromatic carbocycles. The molecule has 7 heteroatoms. The second-order valence-corrected chi connectivity index (χ2v) is 8.15. The summed E-state index contributed by atoms with van der Waals surface area (Å²) < 4.78 is 5.61. The largest absolute Gasteiger partial charge is 0.507 e. The van der Waals surface area contributed by atoms with Crippen LogP contribution in [0.5, 0.6) is 0 Å². The molecule has 6 nitrogen and oxygen atoms in total. The van der Waals surface area contributed by atoms with Gasteiger partial charge in [-0.05, 0) is 37.6 Å². The van der Waals surface area contributed by atoms with Crippen molar-refractivity contribution >= 4 is 40.0 Å². The monoisotopic (exact) mass is 438 g/mol. The van der Waals surface area contributed by atoms with Crippen LogP contribution in [-0.4, -0.2) is 45.9 Å². The number of hydrogen-bond acceptors (Lipinski definition) is 4. The highest BCUT2D eigenvalue weighted by Crippen LogP contribution is 2.40. The van der Waals surface area contributed by atoms with E-state index >= 15 is 0 Å². The number of carbonyl (C=O) groups is 2. The highest BCUT2D eigenvalue weighted by atomic mass is 35.5. The SMILES string of the molecule is CC(C)OCCN1C(=O)C(=O)/C(=C(\O)c2c[nH]c3ccccc23)C1c1ccc(Cl)cc1. The molecule has 1 fully saturated rings. The Balaban J connectivity index is 1.83. The number of halogens is 1. The van der Waals surface area contributed by atoms with Gasteiger partial charge in [0, 0.05) is 34.2 Å². The van der Waals surface area contributed by atoms with E-state index in [1.54, 1.807) is 30.5 Å². The average Bonchev–Trinajstić information content (AvgIpc) is 3.28. The number of aliphatic hydroxyl groups excluding tert-OH is 1. The lowest BCUT2D eigenvalue weighted by molar-refractivity contribution is -0.140. The number of Topliss-reactive ketones (excluding diaryl/α,β-unsaturated/α-hetero) is 1. The van der Waals surface area contributed by atoms with Gasteiger partial charge in [0.15, 0.2) is 0 Å². The van der Waals surface area contributed by atoms with Crippen LogP contribution in [0.3, 0.4) is 0 Å². The molecule has 160 valence electrons. The van der Waals surface area contributed by atoms with Crippen LogP contribution in [0.25, 0.3) is 16.7 Å². The zero-order valence-electron chi connectivity index (χ0n) is 17.3. The van der Waals surface area contributed by atoms with Gasteiger partial charge in [-0.2, -0.15) is 0 Å². The molecule has 3 aromatic rings. The summed E-state index contributed by atoms with van der Waals surface area (Å²) in [5.74, 6) is -1.58. The van der Waals surface area contributed by atoms with Gasteiger partial charge in [0.05, 0.1) is 24.3 Å². The number of rotatable bonds is 6. The topological polar surface area (TPSA) is 82.6 Å². The molecule has 4 rings (SSSR count). The Bertz CT molecular complexity index is 1160. The Morgan fingerprint density at radius 2 is 1.87 bits per heavy atom. The number of benzene rings is 2. The van der Waals surface area contributed by atoms with E-state index in [4.69, 9.17) is 16.3 Å². The van der Waals surface area contributed by atoms with Crippen LogP contribution in [0.15, 0.2) is 60.3 Å². The van der Waals surface area contributed by atoms with Gasteiger partial charge in [-0.25, -0.2) is 0 Å². The lowest BCUT2D eigenvalue weighted by atomic mass is 9.95. The predicted molar refractivity (Wildman–Crippen MR) is 120 cm³/mol. The van der Waals surface area contributed by atoms with Crippen molar-refractivity contribution in [2.45, 2.75) is 26.0 Å². The number of fused-ring (bicyclic) bond motifs is 1. The molecule has 1 aliphatic heterocycles. The number of hydrogen-bond donors (Lipinski definition) is 2. The van der Waals surface area contributed by atoms with E-state index in [-0.39, 0.29) is 30.6 Å². The first-order chi connectivity index (χ1) is 14.9. The number of aromatic nitrogens is 1. The second kappa shape index (κ2) is 8.57. The Kier molecular flexibility index (Phi) is 5.85. The molecular weight excluding hydrogens is 416 g/mol. The van der Waals surface area contributed by atoms with Crippen molar-refractivity contribution in [3.63, 3.8) is 0 Å². The minimum absolute atomic E-state index is 0.00276. The summed E-state index contributed by atoms with van der Waals surface area (Å²) in [6, 6.07) is 13.7. The van der Waals surface area contributed by atoms with Gasteiger partial charge in [0.25, 0.3) is 11.7 Å². The van der Waals surface area contributed by atoms with Crippen LogP contribution < -0.4 is 0 Å². The first-order valence-electron chi connectivity index (χ1n) is 10.1. The smallest absolute Gasteiger partial charge is 0.295 e. The molecule has 1 aliphatic rings. The third-order valence-corrected chi connectivity index (χ3v) is 5.61. The molecule has 31 heavy (non-hydrogen) atoms. The fourth-order valence-corrected chi connectivity index (χ4v) is 4.03. The fraction of sp³-hybridized carbons (Fsp3) is 0.250. The van der Waals surface area contributed by atoms with Gasteiger partial charge in [-0.1, -0.05) is 41.9 Å². The fourth-order valence-electron chi connectivity index (χ4n) is 3.90. The van der Waals surface area contributed by atoms with E-state index in [2.05, 4.69) is 4.98 Å². The first kappa shape index (κ1) is 21.2. The molecule has 1 amide bonds. The van der Waals surface area contributed by atoms with Gasteiger partial charge < -0.3 is 19.7 Å². The van der Waals surface area contributed by atoms with E-state index in [0.717, 1.165) is 10.9 Å². The number of carbonyl (C=O) groups excluding carboxylic acids is 2. The summed E-state index contributed by atoms with van der Waals surface area (Å²) in [4.78, 5) is 30.5. The zero-order valence-corrected chi connectivity index (χ0v) is 18.0. The van der Waals surface area contributed by atoms with Crippen LogP contribution in [-0.2, 0) is 14.3 Å². The summed E-state index contributed by atoms with van der Waals surface area (Å²) in [7, 11) is 0. The van der Waals surface area contributed by atoms with E-state index in [9.17, 15) is 14.7 Å². The van der Waals surface area contributed by atoms with Crippen molar-refractivity contribution in [3.05, 3.63) is 76.5 Å². The van der Waals surface area contributed by atoms with Gasteiger partial charge >= 0.3 is 0 Å². The molecule has 0 aliphatic carbocycles. The quantitative estimate of drug-likeness (QED) is 0.333. The Labute approximate surface area is 185 Å². The number of para-hydroxylation sites is 1. The van der Waals surface area contributed by atoms with Crippen LogP contribution in [0, 0.1) is 0 Å². The van der Waals surface area contributed by atoms with Crippen LogP contribution in [0.4, 0.5) is 0 Å². The number of nitrogens with zero attached hydrogens (tertiary/aromatic N) is 1. The normalized spacial score (nSPS) is 18.5. The number of nitrogens with one attached hydrogen (secondary N) is 1. The number of likely N-dealkylation sites (tertiary alicyclic amines) is 1. The summed E-state index contributed by atoms with van der Waals surface area (Å²) in [6.07, 6.45) is 1.64. The lowest BCUT2D eigenvalue weighted by Gasteiger charge is -2.25. The number of ether oxygens (including phenoxy) is 1. The molecule has 1 atom stereocenters. The summed E-state index contributed by atoms with van der Waals surface area (Å²) in [5, 5.41) is 12.5. The molecule has 0 spiro atoms. The van der Waals surface area contributed by atoms with Gasteiger partial charge in [-0.15, -0.1) is 0 Å². The van der Waals surface area contributed by atoms with E-state index < -0.39 is 17.7 Å².